The highest BCUT2D eigenvalue weighted by atomic mass is 19.4. The van der Waals surface area contributed by atoms with Gasteiger partial charge in [0.2, 0.25) is 0 Å². The molecule has 0 atom stereocenters. The quantitative estimate of drug-likeness (QED) is 0.174. The minimum atomic E-state index is -4.59. The maximum Gasteiger partial charge on any atom is 0.416 e. The van der Waals surface area contributed by atoms with Crippen LogP contribution in [0.2, 0.25) is 0 Å². The molecule has 0 saturated heterocycles. The lowest BCUT2D eigenvalue weighted by atomic mass is 9.95. The van der Waals surface area contributed by atoms with Crippen LogP contribution in [0, 0.1) is 40.9 Å². The molecule has 2 heterocycles. The van der Waals surface area contributed by atoms with Crippen LogP contribution in [0.3, 0.4) is 0 Å². The summed E-state index contributed by atoms with van der Waals surface area (Å²) < 4.78 is 47.2. The Morgan fingerprint density at radius 1 is 0.426 bits per heavy atom. The Morgan fingerprint density at radius 3 is 1.43 bits per heavy atom. The first-order chi connectivity index (χ1) is 29.6. The predicted octanol–water partition coefficient (Wildman–Crippen LogP) is 13.8. The van der Waals surface area contributed by atoms with Gasteiger partial charge in [-0.2, -0.15) is 29.0 Å². The number of nitrogens with zero attached hydrogens (tertiary/aromatic N) is 5. The van der Waals surface area contributed by atoms with Crippen LogP contribution in [0.25, 0.3) is 88.4 Å². The van der Waals surface area contributed by atoms with E-state index in [-0.39, 0.29) is 11.1 Å². The van der Waals surface area contributed by atoms with Crippen molar-refractivity contribution in [2.24, 2.45) is 0 Å². The van der Waals surface area contributed by atoms with Crippen LogP contribution in [-0.2, 0) is 6.18 Å². The van der Waals surface area contributed by atoms with Gasteiger partial charge in [-0.3, -0.25) is 0 Å². The first-order valence-electron chi connectivity index (χ1n) is 19.5. The average Bonchev–Trinajstić information content (AvgIpc) is 3.80. The molecule has 0 saturated carbocycles. The van der Waals surface area contributed by atoms with Crippen molar-refractivity contribution < 1.29 is 13.2 Å². The predicted molar refractivity (Wildman–Crippen MR) is 235 cm³/mol. The SMILES string of the molecule is Cc1cc(-c2cc(-n3c4ccccc4c4cc(-c5cccc(C#N)c5)ccc43)c(-n3c4ccccc4c4cc(-c5cccc(C#N)c5)ccc43)cc2C#N)cc(C(F)(F)F)c1. The molecule has 8 aromatic carbocycles. The molecule has 0 aliphatic carbocycles. The summed E-state index contributed by atoms with van der Waals surface area (Å²) in [6, 6.07) is 57.6. The second-order valence-electron chi connectivity index (χ2n) is 15.1. The molecule has 0 fully saturated rings. The minimum absolute atomic E-state index is 0.216. The Kier molecular flexibility index (Phi) is 8.58. The van der Waals surface area contributed by atoms with Crippen molar-refractivity contribution in [3.8, 4) is 63.0 Å². The number of halogens is 3. The van der Waals surface area contributed by atoms with Crippen molar-refractivity contribution in [2.45, 2.75) is 13.1 Å². The van der Waals surface area contributed by atoms with Gasteiger partial charge in [-0.1, -0.05) is 78.9 Å². The molecular formula is C53H30F3N5. The van der Waals surface area contributed by atoms with Crippen molar-refractivity contribution in [3.05, 3.63) is 192 Å². The smallest absolute Gasteiger partial charge is 0.307 e. The van der Waals surface area contributed by atoms with Gasteiger partial charge in [0.1, 0.15) is 0 Å². The topological polar surface area (TPSA) is 81.2 Å². The maximum atomic E-state index is 14.3. The van der Waals surface area contributed by atoms with Crippen LogP contribution in [-0.4, -0.2) is 9.13 Å². The standard InChI is InChI=1S/C53H30F3N5/c1-32-20-39(24-41(21-32)53(54,55)56)44-28-52(61-48-15-5-3-13-43(48)46-26-38(17-19-50(46)61)36-11-7-9-34(23-36)30-58)51(27-40(44)31-59)60-47-14-4-2-12-42(47)45-25-37(16-18-49(45)60)35-10-6-8-33(22-35)29-57/h2-28H,1H3. The number of alkyl halides is 3. The molecule has 5 nitrogen and oxygen atoms in total. The molecule has 0 radical (unpaired) electrons. The largest absolute Gasteiger partial charge is 0.416 e. The van der Waals surface area contributed by atoms with Gasteiger partial charge in [-0.15, -0.1) is 0 Å². The zero-order valence-electron chi connectivity index (χ0n) is 32.5. The molecule has 8 heteroatoms. The number of para-hydroxylation sites is 2. The van der Waals surface area contributed by atoms with Crippen molar-refractivity contribution >= 4 is 43.6 Å². The Hall–Kier alpha value is -8.38. The minimum Gasteiger partial charge on any atom is -0.307 e. The second kappa shape index (κ2) is 14.2. The van der Waals surface area contributed by atoms with Crippen LogP contribution in [0.1, 0.15) is 27.8 Å². The van der Waals surface area contributed by atoms with E-state index < -0.39 is 11.7 Å². The van der Waals surface area contributed by atoms with Crippen molar-refractivity contribution in [3.63, 3.8) is 0 Å². The van der Waals surface area contributed by atoms with E-state index in [0.29, 0.717) is 33.6 Å². The Bertz CT molecular complexity index is 3590. The van der Waals surface area contributed by atoms with Crippen molar-refractivity contribution in [1.82, 2.24) is 9.13 Å². The van der Waals surface area contributed by atoms with Crippen LogP contribution in [0.5, 0.6) is 0 Å². The van der Waals surface area contributed by atoms with E-state index in [2.05, 4.69) is 45.5 Å². The molecule has 0 N–H and O–H groups in total. The number of hydrogen-bond acceptors (Lipinski definition) is 3. The molecule has 0 spiro atoms. The van der Waals surface area contributed by atoms with Gasteiger partial charge in [0, 0.05) is 27.1 Å². The maximum absolute atomic E-state index is 14.3. The van der Waals surface area contributed by atoms with E-state index in [1.54, 1.807) is 31.2 Å². The zero-order chi connectivity index (χ0) is 42.0. The molecule has 0 bridgehead atoms. The molecule has 10 rings (SSSR count). The fourth-order valence-corrected chi connectivity index (χ4v) is 8.73. The van der Waals surface area contributed by atoms with Crippen LogP contribution >= 0.6 is 0 Å². The molecule has 10 aromatic rings. The van der Waals surface area contributed by atoms with E-state index in [1.807, 2.05) is 109 Å². The summed E-state index contributed by atoms with van der Waals surface area (Å²) in [5.41, 5.74) is 9.98. The molecule has 0 unspecified atom stereocenters. The number of hydrogen-bond donors (Lipinski definition) is 0. The summed E-state index contributed by atoms with van der Waals surface area (Å²) >= 11 is 0. The highest BCUT2D eigenvalue weighted by molar-refractivity contribution is 6.13. The third-order valence-corrected chi connectivity index (χ3v) is 11.4. The average molecular weight is 794 g/mol. The molecule has 288 valence electrons. The van der Waals surface area contributed by atoms with Crippen LogP contribution < -0.4 is 0 Å². The molecule has 0 aliphatic heterocycles. The van der Waals surface area contributed by atoms with Gasteiger partial charge in [0.15, 0.2) is 0 Å². The summed E-state index contributed by atoms with van der Waals surface area (Å²) in [6.45, 7) is 1.62. The normalized spacial score (nSPS) is 11.6. The fourth-order valence-electron chi connectivity index (χ4n) is 8.73. The van der Waals surface area contributed by atoms with E-state index in [1.165, 1.54) is 0 Å². The summed E-state index contributed by atoms with van der Waals surface area (Å²) in [6.07, 6.45) is -4.59. The van der Waals surface area contributed by atoms with Crippen LogP contribution in [0.4, 0.5) is 13.2 Å². The molecule has 61 heavy (non-hydrogen) atoms. The summed E-state index contributed by atoms with van der Waals surface area (Å²) in [5.74, 6) is 0. The second-order valence-corrected chi connectivity index (χ2v) is 15.1. The summed E-state index contributed by atoms with van der Waals surface area (Å²) in [5, 5.41) is 33.9. The van der Waals surface area contributed by atoms with Gasteiger partial charge in [-0.25, -0.2) is 0 Å². The number of nitriles is 3. The van der Waals surface area contributed by atoms with E-state index in [4.69, 9.17) is 0 Å². The monoisotopic (exact) mass is 793 g/mol. The van der Waals surface area contributed by atoms with E-state index >= 15 is 0 Å². The number of aromatic nitrogens is 2. The third kappa shape index (κ3) is 6.16. The van der Waals surface area contributed by atoms with Crippen molar-refractivity contribution in [1.29, 1.82) is 15.8 Å². The van der Waals surface area contributed by atoms with Gasteiger partial charge in [0.25, 0.3) is 0 Å². The summed E-state index contributed by atoms with van der Waals surface area (Å²) in [7, 11) is 0. The molecule has 0 amide bonds. The first kappa shape index (κ1) is 36.9. The molecular weight excluding hydrogens is 764 g/mol. The number of aryl methyl sites for hydroxylation is 1. The van der Waals surface area contributed by atoms with E-state index in [9.17, 15) is 29.0 Å². The van der Waals surface area contributed by atoms with Gasteiger partial charge < -0.3 is 9.13 Å². The fraction of sp³-hybridized carbons (Fsp3) is 0.0377. The van der Waals surface area contributed by atoms with Crippen molar-refractivity contribution in [2.75, 3.05) is 0 Å². The highest BCUT2D eigenvalue weighted by Crippen LogP contribution is 2.43. The number of rotatable bonds is 5. The zero-order valence-corrected chi connectivity index (χ0v) is 32.5. The number of fused-ring (bicyclic) bond motifs is 6. The Balaban J connectivity index is 1.31. The van der Waals surface area contributed by atoms with E-state index in [0.717, 1.165) is 78.0 Å². The third-order valence-electron chi connectivity index (χ3n) is 11.4. The Labute approximate surface area is 348 Å². The first-order valence-corrected chi connectivity index (χ1v) is 19.5. The van der Waals surface area contributed by atoms with Gasteiger partial charge in [-0.05, 0) is 125 Å². The lowest BCUT2D eigenvalue weighted by Gasteiger charge is -2.20. The van der Waals surface area contributed by atoms with Crippen LogP contribution in [0.15, 0.2) is 164 Å². The Morgan fingerprint density at radius 2 is 0.918 bits per heavy atom. The van der Waals surface area contributed by atoms with Gasteiger partial charge in [0.05, 0.1) is 73.9 Å². The van der Waals surface area contributed by atoms with Gasteiger partial charge >= 0.3 is 6.18 Å². The highest BCUT2D eigenvalue weighted by Gasteiger charge is 2.31. The summed E-state index contributed by atoms with van der Waals surface area (Å²) in [4.78, 5) is 0. The lowest BCUT2D eigenvalue weighted by molar-refractivity contribution is -0.137. The molecule has 2 aromatic heterocycles. The number of benzene rings is 8. The molecule has 0 aliphatic rings. The lowest BCUT2D eigenvalue weighted by Crippen LogP contribution is -2.07.